The molecule has 1 fully saturated rings. The highest BCUT2D eigenvalue weighted by Gasteiger charge is 2.30. The normalized spacial score (nSPS) is 14.2. The van der Waals surface area contributed by atoms with Crippen molar-refractivity contribution in [3.8, 4) is 0 Å². The van der Waals surface area contributed by atoms with Gasteiger partial charge in [-0.3, -0.25) is 9.63 Å². The smallest absolute Gasteiger partial charge is 0.277 e. The molecule has 1 heterocycles. The standard InChI is InChI=1S/C18H16F3IN2O5/c19-12-7-9(22)1-2-13(12)23-16-11(17(26)24-29-4-3-25)8-10(14(20)15(16)21)18-27-5-6-28-18/h1-2,7-8,18,23,25H,3-6H2,(H,24,26). The summed E-state index contributed by atoms with van der Waals surface area (Å²) >= 11 is 1.90. The number of aliphatic hydroxyl groups excluding tert-OH is 1. The number of hydrogen-bond donors (Lipinski definition) is 3. The molecule has 29 heavy (non-hydrogen) atoms. The minimum atomic E-state index is -1.41. The molecule has 0 radical (unpaired) electrons. The van der Waals surface area contributed by atoms with Crippen molar-refractivity contribution in [3.05, 3.63) is 56.4 Å². The van der Waals surface area contributed by atoms with Gasteiger partial charge in [0.25, 0.3) is 5.91 Å². The number of halogens is 4. The summed E-state index contributed by atoms with van der Waals surface area (Å²) in [6.07, 6.45) is -1.18. The fourth-order valence-corrected chi connectivity index (χ4v) is 3.05. The van der Waals surface area contributed by atoms with Crippen molar-refractivity contribution < 1.29 is 37.4 Å². The summed E-state index contributed by atoms with van der Waals surface area (Å²) in [6.45, 7) is -0.223. The van der Waals surface area contributed by atoms with Crippen LogP contribution in [0.15, 0.2) is 24.3 Å². The van der Waals surface area contributed by atoms with Crippen molar-refractivity contribution in [1.82, 2.24) is 5.48 Å². The third-order valence-corrected chi connectivity index (χ3v) is 4.58. The van der Waals surface area contributed by atoms with Crippen LogP contribution in [0.1, 0.15) is 22.2 Å². The predicted octanol–water partition coefficient (Wildman–Crippen LogP) is 3.15. The zero-order chi connectivity index (χ0) is 21.0. The van der Waals surface area contributed by atoms with Gasteiger partial charge in [-0.25, -0.2) is 18.7 Å². The van der Waals surface area contributed by atoms with E-state index in [4.69, 9.17) is 19.4 Å². The first-order valence-corrected chi connectivity index (χ1v) is 9.50. The second-order valence-electron chi connectivity index (χ2n) is 5.84. The molecule has 1 aliphatic heterocycles. The van der Waals surface area contributed by atoms with Crippen LogP contribution in [-0.2, 0) is 14.3 Å². The molecule has 0 spiro atoms. The van der Waals surface area contributed by atoms with E-state index in [1.807, 2.05) is 28.1 Å². The number of hydroxylamine groups is 1. The topological polar surface area (TPSA) is 89.1 Å². The second-order valence-corrected chi connectivity index (χ2v) is 7.09. The Hall–Kier alpha value is -1.93. The summed E-state index contributed by atoms with van der Waals surface area (Å²) in [5, 5.41) is 11.2. The van der Waals surface area contributed by atoms with E-state index in [0.29, 0.717) is 3.57 Å². The summed E-state index contributed by atoms with van der Waals surface area (Å²) in [6, 6.07) is 5.11. The first-order valence-electron chi connectivity index (χ1n) is 8.42. The van der Waals surface area contributed by atoms with E-state index in [1.54, 1.807) is 6.07 Å². The van der Waals surface area contributed by atoms with Crippen molar-refractivity contribution in [1.29, 1.82) is 0 Å². The van der Waals surface area contributed by atoms with Crippen LogP contribution in [0.4, 0.5) is 24.5 Å². The minimum Gasteiger partial charge on any atom is -0.394 e. The quantitative estimate of drug-likeness (QED) is 0.293. The van der Waals surface area contributed by atoms with Gasteiger partial charge in [-0.05, 0) is 46.9 Å². The highest BCUT2D eigenvalue weighted by atomic mass is 127. The molecular weight excluding hydrogens is 508 g/mol. The van der Waals surface area contributed by atoms with E-state index in [1.165, 1.54) is 12.1 Å². The van der Waals surface area contributed by atoms with Crippen molar-refractivity contribution in [3.63, 3.8) is 0 Å². The van der Waals surface area contributed by atoms with Crippen LogP contribution < -0.4 is 10.8 Å². The highest BCUT2D eigenvalue weighted by molar-refractivity contribution is 14.1. The number of benzene rings is 2. The molecule has 1 saturated heterocycles. The number of aliphatic hydroxyl groups is 1. The largest absolute Gasteiger partial charge is 0.394 e. The van der Waals surface area contributed by atoms with Crippen LogP contribution in [0, 0.1) is 21.0 Å². The van der Waals surface area contributed by atoms with Gasteiger partial charge in [0.2, 0.25) is 0 Å². The molecular formula is C18H16F3IN2O5. The fourth-order valence-electron chi connectivity index (χ4n) is 2.60. The first-order chi connectivity index (χ1) is 13.9. The molecule has 2 aromatic carbocycles. The van der Waals surface area contributed by atoms with Gasteiger partial charge < -0.3 is 19.9 Å². The van der Waals surface area contributed by atoms with Gasteiger partial charge in [-0.2, -0.15) is 0 Å². The third-order valence-electron chi connectivity index (χ3n) is 3.90. The number of carbonyl (C=O) groups is 1. The summed E-state index contributed by atoms with van der Waals surface area (Å²) < 4.78 is 54.7. The number of nitrogens with one attached hydrogen (secondary N) is 2. The third kappa shape index (κ3) is 4.98. The van der Waals surface area contributed by atoms with Crippen molar-refractivity contribution >= 4 is 39.9 Å². The van der Waals surface area contributed by atoms with Gasteiger partial charge in [0.1, 0.15) is 5.82 Å². The molecule has 3 N–H and O–H groups in total. The summed E-state index contributed by atoms with van der Waals surface area (Å²) in [5.74, 6) is -4.36. The van der Waals surface area contributed by atoms with Crippen LogP contribution in [-0.4, -0.2) is 37.4 Å². The zero-order valence-electron chi connectivity index (χ0n) is 14.8. The molecule has 11 heteroatoms. The maximum absolute atomic E-state index is 14.9. The lowest BCUT2D eigenvalue weighted by molar-refractivity contribution is -0.0468. The second kappa shape index (κ2) is 9.71. The van der Waals surface area contributed by atoms with E-state index in [9.17, 15) is 18.0 Å². The number of hydrogen-bond acceptors (Lipinski definition) is 6. The lowest BCUT2D eigenvalue weighted by atomic mass is 10.0. The minimum absolute atomic E-state index is 0.157. The molecule has 156 valence electrons. The molecule has 0 aromatic heterocycles. The molecule has 0 aliphatic carbocycles. The predicted molar refractivity (Wildman–Crippen MR) is 104 cm³/mol. The van der Waals surface area contributed by atoms with Gasteiger partial charge in [0, 0.05) is 9.13 Å². The number of rotatable bonds is 7. The van der Waals surface area contributed by atoms with Crippen LogP contribution in [0.2, 0.25) is 0 Å². The van der Waals surface area contributed by atoms with Gasteiger partial charge in [0.15, 0.2) is 17.9 Å². The highest BCUT2D eigenvalue weighted by Crippen LogP contribution is 2.35. The van der Waals surface area contributed by atoms with Crippen molar-refractivity contribution in [2.75, 3.05) is 31.7 Å². The van der Waals surface area contributed by atoms with Crippen molar-refractivity contribution in [2.45, 2.75) is 6.29 Å². The molecule has 0 atom stereocenters. The van der Waals surface area contributed by atoms with Gasteiger partial charge in [-0.15, -0.1) is 0 Å². The van der Waals surface area contributed by atoms with Crippen molar-refractivity contribution in [2.24, 2.45) is 0 Å². The SMILES string of the molecule is O=C(NOCCO)c1cc(C2OCCO2)c(F)c(F)c1Nc1ccc(I)cc1F. The van der Waals surface area contributed by atoms with Crippen LogP contribution in [0.25, 0.3) is 0 Å². The lowest BCUT2D eigenvalue weighted by Gasteiger charge is -2.18. The molecule has 7 nitrogen and oxygen atoms in total. The number of anilines is 2. The summed E-state index contributed by atoms with van der Waals surface area (Å²) in [4.78, 5) is 17.2. The van der Waals surface area contributed by atoms with Crippen LogP contribution >= 0.6 is 22.6 Å². The lowest BCUT2D eigenvalue weighted by Crippen LogP contribution is -2.27. The van der Waals surface area contributed by atoms with E-state index < -0.39 is 35.3 Å². The maximum Gasteiger partial charge on any atom is 0.277 e. The Kier molecular flexibility index (Phi) is 7.29. The number of ether oxygens (including phenoxy) is 2. The number of amides is 1. The molecule has 3 rings (SSSR count). The van der Waals surface area contributed by atoms with E-state index in [2.05, 4.69) is 5.32 Å². The molecule has 1 amide bonds. The molecule has 2 aromatic rings. The molecule has 0 unspecified atom stereocenters. The Morgan fingerprint density at radius 1 is 1.21 bits per heavy atom. The summed E-state index contributed by atoms with van der Waals surface area (Å²) in [5.41, 5.74) is 0.579. The first kappa shape index (κ1) is 21.8. The van der Waals surface area contributed by atoms with Gasteiger partial charge in [-0.1, -0.05) is 0 Å². The fraction of sp³-hybridized carbons (Fsp3) is 0.278. The maximum atomic E-state index is 14.9. The van der Waals surface area contributed by atoms with Gasteiger partial charge in [0.05, 0.1) is 43.4 Å². The van der Waals surface area contributed by atoms with Crippen LogP contribution in [0.3, 0.4) is 0 Å². The molecule has 1 aliphatic rings. The zero-order valence-corrected chi connectivity index (χ0v) is 17.0. The molecule has 0 bridgehead atoms. The average molecular weight is 524 g/mol. The Morgan fingerprint density at radius 3 is 2.59 bits per heavy atom. The number of carbonyl (C=O) groups excluding carboxylic acids is 1. The average Bonchev–Trinajstić information content (AvgIpc) is 3.22. The van der Waals surface area contributed by atoms with E-state index in [0.717, 1.165) is 6.07 Å². The van der Waals surface area contributed by atoms with Gasteiger partial charge >= 0.3 is 0 Å². The Labute approximate surface area is 177 Å². The van der Waals surface area contributed by atoms with E-state index in [-0.39, 0.29) is 43.2 Å². The Balaban J connectivity index is 2.04. The summed E-state index contributed by atoms with van der Waals surface area (Å²) in [7, 11) is 0. The molecule has 0 saturated carbocycles. The Morgan fingerprint density at radius 2 is 1.93 bits per heavy atom. The van der Waals surface area contributed by atoms with E-state index >= 15 is 0 Å². The monoisotopic (exact) mass is 524 g/mol. The van der Waals surface area contributed by atoms with Crippen LogP contribution in [0.5, 0.6) is 0 Å². The Bertz CT molecular complexity index is 910.